The predicted molar refractivity (Wildman–Crippen MR) is 287 cm³/mol. The smallest absolute Gasteiger partial charge is 0.0562 e. The first kappa shape index (κ1) is 39.6. The molecule has 2 heteroatoms. The second kappa shape index (κ2) is 16.0. The minimum absolute atomic E-state index is 0.333. The van der Waals surface area contributed by atoms with Gasteiger partial charge in [-0.15, -0.1) is 0 Å². The molecule has 0 radical (unpaired) electrons. The average Bonchev–Trinajstić information content (AvgIpc) is 3.89. The van der Waals surface area contributed by atoms with E-state index >= 15 is 0 Å². The molecule has 1 aliphatic rings. The lowest BCUT2D eigenvalue weighted by molar-refractivity contribution is 0.714. The molecule has 320 valence electrons. The molecule has 11 aromatic carbocycles. The Labute approximate surface area is 397 Å². The van der Waals surface area contributed by atoms with Crippen LogP contribution in [0.3, 0.4) is 0 Å². The van der Waals surface area contributed by atoms with Gasteiger partial charge in [0.1, 0.15) is 0 Å². The van der Waals surface area contributed by atoms with Gasteiger partial charge in [-0.05, 0) is 116 Å². The first-order valence-electron chi connectivity index (χ1n) is 23.6. The Morgan fingerprint density at radius 1 is 0.338 bits per heavy atom. The van der Waals surface area contributed by atoms with E-state index < -0.39 is 0 Å². The quantitative estimate of drug-likeness (QED) is 0.148. The lowest BCUT2D eigenvalue weighted by Crippen LogP contribution is -2.22. The largest absolute Gasteiger partial charge is 0.309 e. The fourth-order valence-electron chi connectivity index (χ4n) is 11.4. The van der Waals surface area contributed by atoms with Crippen molar-refractivity contribution >= 4 is 49.6 Å². The van der Waals surface area contributed by atoms with Gasteiger partial charge >= 0.3 is 0 Å². The molecule has 0 amide bonds. The van der Waals surface area contributed by atoms with E-state index in [9.17, 15) is 0 Å². The van der Waals surface area contributed by atoms with Crippen LogP contribution in [-0.4, -0.2) is 4.57 Å². The first-order valence-corrected chi connectivity index (χ1v) is 23.6. The van der Waals surface area contributed by atoms with E-state index in [-0.39, 0.29) is 5.41 Å². The number of nitrogens with zero attached hydrogens (tertiary/aromatic N) is 2. The van der Waals surface area contributed by atoms with Crippen molar-refractivity contribution in [1.29, 1.82) is 0 Å². The number of anilines is 3. The summed E-state index contributed by atoms with van der Waals surface area (Å²) in [5, 5.41) is 4.84. The van der Waals surface area contributed by atoms with Gasteiger partial charge < -0.3 is 9.47 Å². The Bertz CT molecular complexity index is 3860. The van der Waals surface area contributed by atoms with E-state index in [2.05, 4.69) is 277 Å². The highest BCUT2D eigenvalue weighted by Gasteiger charge is 2.41. The van der Waals surface area contributed by atoms with Gasteiger partial charge in [-0.25, -0.2) is 0 Å². The van der Waals surface area contributed by atoms with Gasteiger partial charge in [-0.2, -0.15) is 0 Å². The number of rotatable bonds is 8. The molecule has 0 fully saturated rings. The minimum Gasteiger partial charge on any atom is -0.309 e. The summed E-state index contributed by atoms with van der Waals surface area (Å²) in [7, 11) is 0. The summed E-state index contributed by atoms with van der Waals surface area (Å²) in [6.45, 7) is 2.41. The molecular weight excluding hydrogens is 821 g/mol. The third-order valence-corrected chi connectivity index (χ3v) is 14.5. The summed E-state index contributed by atoms with van der Waals surface area (Å²) < 4.78 is 2.42. The Morgan fingerprint density at radius 3 is 1.66 bits per heavy atom. The third-order valence-electron chi connectivity index (χ3n) is 14.5. The molecular formula is C66H46N2. The van der Waals surface area contributed by atoms with Gasteiger partial charge in [-0.3, -0.25) is 0 Å². The minimum atomic E-state index is -0.333. The van der Waals surface area contributed by atoms with Crippen molar-refractivity contribution < 1.29 is 0 Å². The maximum atomic E-state index is 2.55. The van der Waals surface area contributed by atoms with E-state index in [1.807, 2.05) is 0 Å². The Balaban J connectivity index is 1.11. The molecule has 1 atom stereocenters. The highest BCUT2D eigenvalue weighted by molar-refractivity contribution is 6.18. The zero-order chi connectivity index (χ0) is 45.2. The van der Waals surface area contributed by atoms with Crippen LogP contribution in [0.4, 0.5) is 17.1 Å². The van der Waals surface area contributed by atoms with Crippen LogP contribution in [0, 0.1) is 0 Å². The van der Waals surface area contributed by atoms with Gasteiger partial charge in [0.2, 0.25) is 0 Å². The molecule has 0 spiro atoms. The van der Waals surface area contributed by atoms with Crippen molar-refractivity contribution in [3.63, 3.8) is 0 Å². The molecule has 1 unspecified atom stereocenters. The summed E-state index contributed by atoms with van der Waals surface area (Å²) in [6, 6.07) is 96.0. The van der Waals surface area contributed by atoms with Crippen LogP contribution in [0.5, 0.6) is 0 Å². The molecule has 0 bridgehead atoms. The van der Waals surface area contributed by atoms with Gasteiger partial charge in [-0.1, -0.05) is 212 Å². The van der Waals surface area contributed by atoms with Crippen LogP contribution >= 0.6 is 0 Å². The van der Waals surface area contributed by atoms with E-state index in [1.54, 1.807) is 0 Å². The fraction of sp³-hybridized carbons (Fsp3) is 0.0303. The number of fused-ring (bicyclic) bond motifs is 7. The highest BCUT2D eigenvalue weighted by Crippen LogP contribution is 2.55. The van der Waals surface area contributed by atoms with Gasteiger partial charge in [0.25, 0.3) is 0 Å². The molecule has 68 heavy (non-hydrogen) atoms. The molecule has 0 aliphatic heterocycles. The second-order valence-electron chi connectivity index (χ2n) is 18.1. The van der Waals surface area contributed by atoms with Crippen LogP contribution in [0.15, 0.2) is 261 Å². The highest BCUT2D eigenvalue weighted by atomic mass is 15.2. The molecule has 1 aromatic heterocycles. The first-order chi connectivity index (χ1) is 33.7. The fourth-order valence-corrected chi connectivity index (χ4v) is 11.4. The topological polar surface area (TPSA) is 8.17 Å². The third kappa shape index (κ3) is 6.11. The summed E-state index contributed by atoms with van der Waals surface area (Å²) >= 11 is 0. The molecule has 12 aromatic rings. The molecule has 0 saturated heterocycles. The van der Waals surface area contributed by atoms with Crippen molar-refractivity contribution in [2.45, 2.75) is 12.3 Å². The van der Waals surface area contributed by atoms with Crippen molar-refractivity contribution in [1.82, 2.24) is 4.57 Å². The van der Waals surface area contributed by atoms with Gasteiger partial charge in [0.15, 0.2) is 0 Å². The lowest BCUT2D eigenvalue weighted by atomic mass is 9.74. The zero-order valence-corrected chi connectivity index (χ0v) is 37.7. The SMILES string of the molecule is CC1(c2ccccc2)c2ccccc2-c2ccc(-c3ccccc3N(c3ccccc3-c3cccc4cccc(-c5ccccc5)c34)c3cccc4c3c3ccccc3n4-c3ccccc3)cc21. The van der Waals surface area contributed by atoms with Crippen molar-refractivity contribution in [3.05, 3.63) is 278 Å². The molecule has 1 heterocycles. The molecule has 1 aliphatic carbocycles. The lowest BCUT2D eigenvalue weighted by Gasteiger charge is -2.31. The number of aromatic nitrogens is 1. The average molecular weight is 867 g/mol. The number of hydrogen-bond acceptors (Lipinski definition) is 1. The Hall–Kier alpha value is -8.72. The summed E-state index contributed by atoms with van der Waals surface area (Å²) in [5.41, 5.74) is 20.1. The molecule has 0 N–H and O–H groups in total. The van der Waals surface area contributed by atoms with Crippen LogP contribution in [-0.2, 0) is 5.41 Å². The van der Waals surface area contributed by atoms with Crippen LogP contribution in [0.2, 0.25) is 0 Å². The van der Waals surface area contributed by atoms with Gasteiger partial charge in [0.05, 0.1) is 28.1 Å². The van der Waals surface area contributed by atoms with E-state index in [4.69, 9.17) is 0 Å². The summed E-state index contributed by atoms with van der Waals surface area (Å²) in [5.74, 6) is 0. The second-order valence-corrected chi connectivity index (χ2v) is 18.1. The maximum Gasteiger partial charge on any atom is 0.0562 e. The number of para-hydroxylation sites is 4. The summed E-state index contributed by atoms with van der Waals surface area (Å²) in [4.78, 5) is 2.55. The Kier molecular flexibility index (Phi) is 9.33. The van der Waals surface area contributed by atoms with Crippen LogP contribution in [0.1, 0.15) is 23.6 Å². The molecule has 13 rings (SSSR count). The van der Waals surface area contributed by atoms with Crippen molar-refractivity contribution in [2.75, 3.05) is 4.90 Å². The normalized spacial score (nSPS) is 14.0. The van der Waals surface area contributed by atoms with Crippen molar-refractivity contribution in [3.8, 4) is 50.2 Å². The standard InChI is InChI=1S/C66H46N2/c1-66(48-26-7-3-8-27-48)57-36-15-11-31-52(57)53-43-42-47(44-58(53)66)50-30-12-16-37-59(50)68(63-41-21-40-62-65(63)56-33-14-18-39-61(56)67(62)49-28-9-4-10-29-49)60-38-17-13-32-54(60)55-35-20-25-46-24-19-34-51(64(46)55)45-22-5-2-6-23-45/h2-44H,1H3. The monoisotopic (exact) mass is 866 g/mol. The zero-order valence-electron chi connectivity index (χ0n) is 37.7. The van der Waals surface area contributed by atoms with E-state index in [0.717, 1.165) is 39.4 Å². The predicted octanol–water partition coefficient (Wildman–Crippen LogP) is 17.7. The van der Waals surface area contributed by atoms with Crippen LogP contribution < -0.4 is 4.90 Å². The van der Waals surface area contributed by atoms with E-state index in [0.29, 0.717) is 0 Å². The van der Waals surface area contributed by atoms with Crippen molar-refractivity contribution in [2.24, 2.45) is 0 Å². The van der Waals surface area contributed by atoms with Gasteiger partial charge in [0, 0.05) is 33.0 Å². The molecule has 0 saturated carbocycles. The number of hydrogen-bond donors (Lipinski definition) is 0. The number of benzene rings is 11. The maximum absolute atomic E-state index is 2.55. The van der Waals surface area contributed by atoms with Crippen LogP contribution in [0.25, 0.3) is 82.8 Å². The molecule has 2 nitrogen and oxygen atoms in total. The van der Waals surface area contributed by atoms with E-state index in [1.165, 1.54) is 77.1 Å². The summed E-state index contributed by atoms with van der Waals surface area (Å²) in [6.07, 6.45) is 0. The Morgan fingerprint density at radius 2 is 0.882 bits per heavy atom.